The van der Waals surface area contributed by atoms with Gasteiger partial charge in [0.1, 0.15) is 5.75 Å². The molecule has 0 radical (unpaired) electrons. The van der Waals surface area contributed by atoms with Crippen molar-refractivity contribution in [2.45, 2.75) is 39.6 Å². The lowest BCUT2D eigenvalue weighted by Crippen LogP contribution is -2.30. The van der Waals surface area contributed by atoms with E-state index in [4.69, 9.17) is 4.74 Å². The molecule has 166 valence electrons. The number of nitrogens with zero attached hydrogens (tertiary/aromatic N) is 1. The SMILES string of the molecule is CCOc1ccc(-n2c(C)cc(/C=C3\S[C@@H](Nc4ccc(CC)cc4)NC3=O)c2C)cc1. The van der Waals surface area contributed by atoms with Crippen LogP contribution in [0.15, 0.2) is 59.5 Å². The fraction of sp³-hybridized carbons (Fsp3) is 0.269. The number of aromatic nitrogens is 1. The highest BCUT2D eigenvalue weighted by Gasteiger charge is 2.27. The van der Waals surface area contributed by atoms with Crippen LogP contribution in [0.3, 0.4) is 0 Å². The minimum atomic E-state index is -0.184. The predicted molar refractivity (Wildman–Crippen MR) is 133 cm³/mol. The number of carbonyl (C=O) groups excluding carboxylic acids is 1. The van der Waals surface area contributed by atoms with Gasteiger partial charge in [-0.15, -0.1) is 0 Å². The molecule has 0 unspecified atom stereocenters. The molecular weight excluding hydrogens is 418 g/mol. The summed E-state index contributed by atoms with van der Waals surface area (Å²) in [5.41, 5.74) is 6.44. The molecule has 2 aromatic carbocycles. The molecule has 1 aromatic heterocycles. The maximum Gasteiger partial charge on any atom is 0.260 e. The van der Waals surface area contributed by atoms with Crippen LogP contribution in [0.5, 0.6) is 5.75 Å². The first kappa shape index (κ1) is 22.1. The van der Waals surface area contributed by atoms with Crippen molar-refractivity contribution in [2.24, 2.45) is 0 Å². The van der Waals surface area contributed by atoms with Gasteiger partial charge in [0.25, 0.3) is 5.91 Å². The molecule has 3 aromatic rings. The molecule has 0 bridgehead atoms. The van der Waals surface area contributed by atoms with Crippen LogP contribution < -0.4 is 15.4 Å². The minimum absolute atomic E-state index is 0.0523. The summed E-state index contributed by atoms with van der Waals surface area (Å²) < 4.78 is 7.75. The van der Waals surface area contributed by atoms with E-state index in [2.05, 4.69) is 78.4 Å². The summed E-state index contributed by atoms with van der Waals surface area (Å²) in [5, 5.41) is 6.40. The Hall–Kier alpha value is -3.12. The van der Waals surface area contributed by atoms with Crippen molar-refractivity contribution >= 4 is 29.4 Å². The molecule has 0 aliphatic carbocycles. The number of carbonyl (C=O) groups is 1. The minimum Gasteiger partial charge on any atom is -0.494 e. The monoisotopic (exact) mass is 447 g/mol. The number of thioether (sulfide) groups is 1. The Morgan fingerprint density at radius 1 is 1.09 bits per heavy atom. The highest BCUT2D eigenvalue weighted by atomic mass is 32.2. The quantitative estimate of drug-likeness (QED) is 0.459. The zero-order valence-corrected chi connectivity index (χ0v) is 19.8. The van der Waals surface area contributed by atoms with E-state index in [1.807, 2.05) is 25.1 Å². The molecule has 5 nitrogen and oxygen atoms in total. The number of amides is 1. The summed E-state index contributed by atoms with van der Waals surface area (Å²) in [4.78, 5) is 13.3. The van der Waals surface area contributed by atoms with Gasteiger partial charge in [0.15, 0.2) is 5.50 Å². The number of nitrogens with one attached hydrogen (secondary N) is 2. The van der Waals surface area contributed by atoms with Gasteiger partial charge < -0.3 is 19.9 Å². The van der Waals surface area contributed by atoms with E-state index in [1.165, 1.54) is 17.3 Å². The number of ether oxygens (including phenoxy) is 1. The van der Waals surface area contributed by atoms with Crippen molar-refractivity contribution < 1.29 is 9.53 Å². The average molecular weight is 448 g/mol. The lowest BCUT2D eigenvalue weighted by molar-refractivity contribution is -0.116. The van der Waals surface area contributed by atoms with Crippen LogP contribution in [-0.4, -0.2) is 22.6 Å². The van der Waals surface area contributed by atoms with Crippen molar-refractivity contribution in [1.29, 1.82) is 0 Å². The lowest BCUT2D eigenvalue weighted by Gasteiger charge is -2.12. The van der Waals surface area contributed by atoms with Gasteiger partial charge >= 0.3 is 0 Å². The molecule has 0 saturated carbocycles. The van der Waals surface area contributed by atoms with Crippen LogP contribution in [0.2, 0.25) is 0 Å². The summed E-state index contributed by atoms with van der Waals surface area (Å²) >= 11 is 1.51. The van der Waals surface area contributed by atoms with Crippen molar-refractivity contribution in [1.82, 2.24) is 9.88 Å². The Morgan fingerprint density at radius 2 is 1.81 bits per heavy atom. The fourth-order valence-electron chi connectivity index (χ4n) is 3.88. The van der Waals surface area contributed by atoms with Gasteiger partial charge in [0, 0.05) is 22.8 Å². The molecule has 2 heterocycles. The summed E-state index contributed by atoms with van der Waals surface area (Å²) in [6.45, 7) is 8.93. The van der Waals surface area contributed by atoms with E-state index in [1.54, 1.807) is 0 Å². The van der Waals surface area contributed by atoms with E-state index in [9.17, 15) is 4.79 Å². The Bertz CT molecular complexity index is 1130. The Balaban J connectivity index is 1.52. The number of rotatable bonds is 7. The third kappa shape index (κ3) is 4.70. The second kappa shape index (κ2) is 9.57. The smallest absolute Gasteiger partial charge is 0.260 e. The van der Waals surface area contributed by atoms with Crippen molar-refractivity contribution in [2.75, 3.05) is 11.9 Å². The molecule has 1 aliphatic heterocycles. The van der Waals surface area contributed by atoms with Crippen molar-refractivity contribution in [3.63, 3.8) is 0 Å². The van der Waals surface area contributed by atoms with Crippen LogP contribution in [0, 0.1) is 13.8 Å². The second-order valence-corrected chi connectivity index (χ2v) is 8.91. The van der Waals surface area contributed by atoms with Gasteiger partial charge in [-0.05, 0) is 86.9 Å². The molecule has 4 rings (SSSR count). The van der Waals surface area contributed by atoms with Gasteiger partial charge in [-0.1, -0.05) is 30.8 Å². The average Bonchev–Trinajstić information content (AvgIpc) is 3.27. The van der Waals surface area contributed by atoms with Crippen LogP contribution >= 0.6 is 11.8 Å². The van der Waals surface area contributed by atoms with Gasteiger partial charge in [-0.25, -0.2) is 0 Å². The number of anilines is 1. The topological polar surface area (TPSA) is 55.3 Å². The van der Waals surface area contributed by atoms with E-state index in [0.717, 1.165) is 40.5 Å². The largest absolute Gasteiger partial charge is 0.494 e. The van der Waals surface area contributed by atoms with E-state index in [0.29, 0.717) is 11.5 Å². The predicted octanol–water partition coefficient (Wildman–Crippen LogP) is 5.65. The summed E-state index contributed by atoms with van der Waals surface area (Å²) in [7, 11) is 0. The van der Waals surface area contributed by atoms with E-state index >= 15 is 0 Å². The molecule has 1 fully saturated rings. The molecule has 2 N–H and O–H groups in total. The van der Waals surface area contributed by atoms with Gasteiger partial charge in [0.05, 0.1) is 11.5 Å². The summed E-state index contributed by atoms with van der Waals surface area (Å²) in [5.74, 6) is 0.812. The molecule has 1 amide bonds. The number of aryl methyl sites for hydroxylation is 2. The summed E-state index contributed by atoms with van der Waals surface area (Å²) in [6, 6.07) is 18.5. The standard InChI is InChI=1S/C26H29N3O2S/c1-5-19-7-9-21(10-8-19)27-26-28-25(30)24(32-26)16-20-15-17(3)29(18(20)4)22-11-13-23(14-12-22)31-6-2/h7-16,26-27H,5-6H2,1-4H3,(H,28,30)/b24-16-/t26-/m0/s1. The molecule has 32 heavy (non-hydrogen) atoms. The molecule has 0 spiro atoms. The van der Waals surface area contributed by atoms with Gasteiger partial charge in [-0.2, -0.15) is 0 Å². The van der Waals surface area contributed by atoms with Crippen LogP contribution in [0.25, 0.3) is 11.8 Å². The highest BCUT2D eigenvalue weighted by molar-refractivity contribution is 8.05. The lowest BCUT2D eigenvalue weighted by atomic mass is 10.1. The zero-order chi connectivity index (χ0) is 22.7. The van der Waals surface area contributed by atoms with Crippen LogP contribution in [0.4, 0.5) is 5.69 Å². The third-order valence-corrected chi connectivity index (χ3v) is 6.58. The normalized spacial score (nSPS) is 16.9. The zero-order valence-electron chi connectivity index (χ0n) is 18.9. The maximum absolute atomic E-state index is 12.6. The maximum atomic E-state index is 12.6. The number of hydrogen-bond acceptors (Lipinski definition) is 4. The first-order valence-corrected chi connectivity index (χ1v) is 11.8. The van der Waals surface area contributed by atoms with E-state index < -0.39 is 0 Å². The molecule has 1 atom stereocenters. The van der Waals surface area contributed by atoms with E-state index in [-0.39, 0.29) is 11.4 Å². The number of benzene rings is 2. The Labute approximate surface area is 193 Å². The van der Waals surface area contributed by atoms with Crippen molar-refractivity contribution in [3.8, 4) is 11.4 Å². The first-order valence-electron chi connectivity index (χ1n) is 11.0. The summed E-state index contributed by atoms with van der Waals surface area (Å²) in [6.07, 6.45) is 2.99. The fourth-order valence-corrected chi connectivity index (χ4v) is 4.86. The third-order valence-electron chi connectivity index (χ3n) is 5.55. The molecule has 1 saturated heterocycles. The Morgan fingerprint density at radius 3 is 2.47 bits per heavy atom. The van der Waals surface area contributed by atoms with Crippen molar-refractivity contribution in [3.05, 3.63) is 82.0 Å². The van der Waals surface area contributed by atoms with Crippen LogP contribution in [-0.2, 0) is 11.2 Å². The first-order chi connectivity index (χ1) is 15.5. The number of hydrogen-bond donors (Lipinski definition) is 2. The highest BCUT2D eigenvalue weighted by Crippen LogP contribution is 2.32. The Kier molecular flexibility index (Phi) is 6.61. The van der Waals surface area contributed by atoms with Crippen LogP contribution in [0.1, 0.15) is 36.4 Å². The molecule has 1 aliphatic rings. The van der Waals surface area contributed by atoms with Gasteiger partial charge in [-0.3, -0.25) is 4.79 Å². The molecular formula is C26H29N3O2S. The second-order valence-electron chi connectivity index (χ2n) is 7.76. The van der Waals surface area contributed by atoms with Gasteiger partial charge in [0.2, 0.25) is 0 Å². The molecule has 6 heteroatoms.